The molecule has 0 bridgehead atoms. The van der Waals surface area contributed by atoms with E-state index in [9.17, 15) is 0 Å². The van der Waals surface area contributed by atoms with E-state index in [0.717, 1.165) is 23.3 Å². The SMILES string of the molecule is CCn1cc(B2OC(C)(C)C(C)(C)O2)c(-c2ccccc2)n1. The first kappa shape index (κ1) is 15.3. The molecule has 0 aliphatic carbocycles. The smallest absolute Gasteiger partial charge is 0.399 e. The average Bonchev–Trinajstić information content (AvgIpc) is 2.99. The first-order valence-electron chi connectivity index (χ1n) is 7.82. The monoisotopic (exact) mass is 298 g/mol. The van der Waals surface area contributed by atoms with Crippen molar-refractivity contribution in [1.29, 1.82) is 0 Å². The maximum absolute atomic E-state index is 6.19. The van der Waals surface area contributed by atoms with Crippen molar-refractivity contribution in [2.75, 3.05) is 0 Å². The molecule has 5 heteroatoms. The summed E-state index contributed by atoms with van der Waals surface area (Å²) in [5, 5.41) is 4.70. The van der Waals surface area contributed by atoms with Crippen molar-refractivity contribution in [3.63, 3.8) is 0 Å². The first-order valence-corrected chi connectivity index (χ1v) is 7.82. The van der Waals surface area contributed by atoms with Gasteiger partial charge in [-0.25, -0.2) is 0 Å². The molecular weight excluding hydrogens is 275 g/mol. The molecule has 1 aromatic carbocycles. The topological polar surface area (TPSA) is 36.3 Å². The Labute approximate surface area is 132 Å². The fourth-order valence-electron chi connectivity index (χ4n) is 2.56. The largest absolute Gasteiger partial charge is 0.498 e. The number of aryl methyl sites for hydroxylation is 1. The molecule has 1 fully saturated rings. The lowest BCUT2D eigenvalue weighted by molar-refractivity contribution is 0.00578. The van der Waals surface area contributed by atoms with Crippen LogP contribution in [0.15, 0.2) is 36.5 Å². The van der Waals surface area contributed by atoms with Crippen LogP contribution < -0.4 is 5.46 Å². The van der Waals surface area contributed by atoms with Gasteiger partial charge in [-0.2, -0.15) is 5.10 Å². The molecule has 2 heterocycles. The van der Waals surface area contributed by atoms with Crippen LogP contribution in [0.5, 0.6) is 0 Å². The highest BCUT2D eigenvalue weighted by molar-refractivity contribution is 6.63. The van der Waals surface area contributed by atoms with Crippen LogP contribution in [0.25, 0.3) is 11.3 Å². The van der Waals surface area contributed by atoms with Gasteiger partial charge in [-0.1, -0.05) is 30.3 Å². The second-order valence-corrected chi connectivity index (χ2v) is 6.74. The lowest BCUT2D eigenvalue weighted by Crippen LogP contribution is -2.41. The van der Waals surface area contributed by atoms with Gasteiger partial charge in [0.2, 0.25) is 0 Å². The lowest BCUT2D eigenvalue weighted by atomic mass is 9.78. The highest BCUT2D eigenvalue weighted by Gasteiger charge is 2.52. The van der Waals surface area contributed by atoms with E-state index in [1.165, 1.54) is 0 Å². The Kier molecular flexibility index (Phi) is 3.65. The fraction of sp³-hybridized carbons (Fsp3) is 0.471. The summed E-state index contributed by atoms with van der Waals surface area (Å²) < 4.78 is 14.3. The molecule has 4 nitrogen and oxygen atoms in total. The maximum Gasteiger partial charge on any atom is 0.498 e. The van der Waals surface area contributed by atoms with Crippen LogP contribution in [-0.2, 0) is 15.9 Å². The highest BCUT2D eigenvalue weighted by atomic mass is 16.7. The number of benzene rings is 1. The van der Waals surface area contributed by atoms with Crippen LogP contribution in [0.3, 0.4) is 0 Å². The molecule has 22 heavy (non-hydrogen) atoms. The van der Waals surface area contributed by atoms with Gasteiger partial charge in [0.25, 0.3) is 0 Å². The molecular formula is C17H23BN2O2. The van der Waals surface area contributed by atoms with Gasteiger partial charge in [-0.3, -0.25) is 4.68 Å². The second-order valence-electron chi connectivity index (χ2n) is 6.74. The summed E-state index contributed by atoms with van der Waals surface area (Å²) in [6, 6.07) is 10.2. The van der Waals surface area contributed by atoms with Gasteiger partial charge in [-0.15, -0.1) is 0 Å². The number of aromatic nitrogens is 2. The lowest BCUT2D eigenvalue weighted by Gasteiger charge is -2.32. The van der Waals surface area contributed by atoms with Crippen LogP contribution in [0.1, 0.15) is 34.6 Å². The van der Waals surface area contributed by atoms with Crippen molar-refractivity contribution >= 4 is 12.6 Å². The Morgan fingerprint density at radius 1 is 1.05 bits per heavy atom. The molecule has 1 aliphatic rings. The molecule has 0 saturated carbocycles. The minimum Gasteiger partial charge on any atom is -0.399 e. The Morgan fingerprint density at radius 3 is 2.18 bits per heavy atom. The van der Waals surface area contributed by atoms with Crippen molar-refractivity contribution in [2.24, 2.45) is 0 Å². The number of rotatable bonds is 3. The maximum atomic E-state index is 6.19. The van der Waals surface area contributed by atoms with Crippen LogP contribution >= 0.6 is 0 Å². The van der Waals surface area contributed by atoms with E-state index in [1.54, 1.807) is 0 Å². The van der Waals surface area contributed by atoms with Crippen LogP contribution in [0.4, 0.5) is 0 Å². The molecule has 2 aromatic rings. The Bertz CT molecular complexity index is 649. The molecule has 0 unspecified atom stereocenters. The molecule has 0 amide bonds. The number of nitrogens with zero attached hydrogens (tertiary/aromatic N) is 2. The van der Waals surface area contributed by atoms with Gasteiger partial charge >= 0.3 is 7.12 Å². The van der Waals surface area contributed by atoms with Gasteiger partial charge < -0.3 is 9.31 Å². The van der Waals surface area contributed by atoms with E-state index in [0.29, 0.717) is 0 Å². The van der Waals surface area contributed by atoms with E-state index in [1.807, 2.05) is 29.1 Å². The quantitative estimate of drug-likeness (QED) is 0.818. The summed E-state index contributed by atoms with van der Waals surface area (Å²) >= 11 is 0. The van der Waals surface area contributed by atoms with Gasteiger partial charge in [0, 0.05) is 23.8 Å². The average molecular weight is 298 g/mol. The van der Waals surface area contributed by atoms with Crippen molar-refractivity contribution in [3.8, 4) is 11.3 Å². The van der Waals surface area contributed by atoms with Crippen LogP contribution in [0.2, 0.25) is 0 Å². The van der Waals surface area contributed by atoms with Crippen LogP contribution in [-0.4, -0.2) is 28.1 Å². The van der Waals surface area contributed by atoms with Crippen molar-refractivity contribution in [2.45, 2.75) is 52.4 Å². The molecule has 0 spiro atoms. The van der Waals surface area contributed by atoms with Crippen LogP contribution in [0, 0.1) is 0 Å². The summed E-state index contributed by atoms with van der Waals surface area (Å²) in [5.41, 5.74) is 2.31. The van der Waals surface area contributed by atoms with Gasteiger partial charge in [0.1, 0.15) is 0 Å². The van der Waals surface area contributed by atoms with Crippen molar-refractivity contribution < 1.29 is 9.31 Å². The normalized spacial score (nSPS) is 19.6. The third-order valence-electron chi connectivity index (χ3n) is 4.67. The third kappa shape index (κ3) is 2.48. The standard InChI is InChI=1S/C17H23BN2O2/c1-6-20-12-14(15(19-20)13-10-8-7-9-11-13)18-21-16(2,3)17(4,5)22-18/h7-12H,6H2,1-5H3. The zero-order chi connectivity index (χ0) is 16.0. The molecule has 1 saturated heterocycles. The fourth-order valence-corrected chi connectivity index (χ4v) is 2.56. The summed E-state index contributed by atoms with van der Waals surface area (Å²) in [7, 11) is -0.388. The highest BCUT2D eigenvalue weighted by Crippen LogP contribution is 2.37. The van der Waals surface area contributed by atoms with Gasteiger partial charge in [0.05, 0.1) is 16.9 Å². The predicted molar refractivity (Wildman–Crippen MR) is 89.1 cm³/mol. The molecule has 1 aromatic heterocycles. The third-order valence-corrected chi connectivity index (χ3v) is 4.67. The molecule has 0 radical (unpaired) electrons. The minimum absolute atomic E-state index is 0.347. The minimum atomic E-state index is -0.388. The number of hydrogen-bond acceptors (Lipinski definition) is 3. The summed E-state index contributed by atoms with van der Waals surface area (Å²) in [5.74, 6) is 0. The molecule has 116 valence electrons. The van der Waals surface area contributed by atoms with E-state index < -0.39 is 0 Å². The van der Waals surface area contributed by atoms with E-state index >= 15 is 0 Å². The Morgan fingerprint density at radius 2 is 1.64 bits per heavy atom. The summed E-state index contributed by atoms with van der Waals surface area (Å²) in [4.78, 5) is 0. The molecule has 0 N–H and O–H groups in total. The van der Waals surface area contributed by atoms with Crippen molar-refractivity contribution in [1.82, 2.24) is 9.78 Å². The Hall–Kier alpha value is -1.59. The molecule has 0 atom stereocenters. The predicted octanol–water partition coefficient (Wildman–Crippen LogP) is 2.87. The van der Waals surface area contributed by atoms with Gasteiger partial charge in [0.15, 0.2) is 0 Å². The van der Waals surface area contributed by atoms with Gasteiger partial charge in [-0.05, 0) is 34.6 Å². The van der Waals surface area contributed by atoms with E-state index in [-0.39, 0.29) is 18.3 Å². The molecule has 3 rings (SSSR count). The summed E-state index contributed by atoms with van der Waals surface area (Å²) in [6.07, 6.45) is 2.03. The van der Waals surface area contributed by atoms with E-state index in [2.05, 4.69) is 46.8 Å². The molecule has 1 aliphatic heterocycles. The summed E-state index contributed by atoms with van der Waals surface area (Å²) in [6.45, 7) is 11.2. The second kappa shape index (κ2) is 5.25. The van der Waals surface area contributed by atoms with E-state index in [4.69, 9.17) is 14.4 Å². The first-order chi connectivity index (χ1) is 10.3. The van der Waals surface area contributed by atoms with Crippen molar-refractivity contribution in [3.05, 3.63) is 36.5 Å². The zero-order valence-electron chi connectivity index (χ0n) is 14.0. The Balaban J connectivity index is 2.03. The number of hydrogen-bond donors (Lipinski definition) is 0. The zero-order valence-corrected chi connectivity index (χ0v) is 14.0.